The molecular weight excluding hydrogens is 358 g/mol. The van der Waals surface area contributed by atoms with Crippen LogP contribution in [-0.2, 0) is 6.54 Å². The Bertz CT molecular complexity index is 417. The number of nitrogens with one attached hydrogen (secondary N) is 1. The Labute approximate surface area is 126 Å². The highest BCUT2D eigenvalue weighted by molar-refractivity contribution is 9.11. The van der Waals surface area contributed by atoms with E-state index in [1.807, 2.05) is 12.1 Å². The maximum atomic E-state index is 5.48. The van der Waals surface area contributed by atoms with Crippen LogP contribution in [0.5, 0.6) is 5.75 Å². The Morgan fingerprint density at radius 2 is 2.00 bits per heavy atom. The summed E-state index contributed by atoms with van der Waals surface area (Å²) in [5, 5.41) is 3.36. The first-order chi connectivity index (χ1) is 8.62. The smallest absolute Gasteiger partial charge is 0.147 e. The van der Waals surface area contributed by atoms with Gasteiger partial charge >= 0.3 is 0 Å². The van der Waals surface area contributed by atoms with E-state index in [9.17, 15) is 0 Å². The van der Waals surface area contributed by atoms with Crippen molar-refractivity contribution in [1.29, 1.82) is 0 Å². The highest BCUT2D eigenvalue weighted by Gasteiger charge is 2.09. The van der Waals surface area contributed by atoms with Crippen LogP contribution in [0.25, 0.3) is 0 Å². The Balaban J connectivity index is 2.72. The topological polar surface area (TPSA) is 21.3 Å². The van der Waals surface area contributed by atoms with Gasteiger partial charge in [0.25, 0.3) is 0 Å². The number of halogens is 2. The molecule has 1 atom stereocenters. The van der Waals surface area contributed by atoms with Gasteiger partial charge < -0.3 is 4.74 Å². The van der Waals surface area contributed by atoms with Crippen LogP contribution in [0.15, 0.2) is 21.1 Å². The van der Waals surface area contributed by atoms with Gasteiger partial charge in [-0.25, -0.2) is 0 Å². The summed E-state index contributed by atoms with van der Waals surface area (Å²) in [5.74, 6) is 3.57. The Hall–Kier alpha value is -0.500. The molecule has 0 spiro atoms. The van der Waals surface area contributed by atoms with E-state index in [4.69, 9.17) is 11.2 Å². The Morgan fingerprint density at radius 3 is 2.44 bits per heavy atom. The van der Waals surface area contributed by atoms with Crippen molar-refractivity contribution in [3.8, 4) is 18.1 Å². The molecule has 1 N–H and O–H groups in total. The molecule has 0 aliphatic heterocycles. The molecule has 1 unspecified atom stereocenters. The molecule has 1 aromatic carbocycles. The highest BCUT2D eigenvalue weighted by atomic mass is 79.9. The molecular formula is C14H17Br2NO. The number of benzene rings is 1. The number of terminal acetylenes is 1. The lowest BCUT2D eigenvalue weighted by molar-refractivity contribution is 0.409. The lowest BCUT2D eigenvalue weighted by Crippen LogP contribution is -2.26. The third-order valence-corrected chi connectivity index (χ3v) is 3.77. The normalized spacial score (nSPS) is 11.9. The average Bonchev–Trinajstić information content (AvgIpc) is 2.34. The van der Waals surface area contributed by atoms with E-state index in [1.54, 1.807) is 7.11 Å². The predicted molar refractivity (Wildman–Crippen MR) is 82.8 cm³/mol. The fraction of sp³-hybridized carbons (Fsp3) is 0.429. The quantitative estimate of drug-likeness (QED) is 0.756. The molecule has 0 aliphatic carbocycles. The Kier molecular flexibility index (Phi) is 6.77. The molecule has 1 rings (SSSR count). The van der Waals surface area contributed by atoms with E-state index in [2.05, 4.69) is 50.0 Å². The maximum Gasteiger partial charge on any atom is 0.147 e. The minimum absolute atomic E-state index is 0.134. The van der Waals surface area contributed by atoms with Crippen LogP contribution in [0.2, 0.25) is 0 Å². The molecule has 18 heavy (non-hydrogen) atoms. The molecule has 98 valence electrons. The van der Waals surface area contributed by atoms with Crippen LogP contribution >= 0.6 is 31.9 Å². The summed E-state index contributed by atoms with van der Waals surface area (Å²) in [4.78, 5) is 0. The number of hydrogen-bond acceptors (Lipinski definition) is 2. The number of hydrogen-bond donors (Lipinski definition) is 1. The third-order valence-electron chi connectivity index (χ3n) is 2.59. The van der Waals surface area contributed by atoms with Gasteiger partial charge in [0, 0.05) is 6.54 Å². The SMILES string of the molecule is C#CC(CCC)NCc1cc(Br)c(OC)c(Br)c1. The third kappa shape index (κ3) is 4.31. The summed E-state index contributed by atoms with van der Waals surface area (Å²) in [6.45, 7) is 2.88. The van der Waals surface area contributed by atoms with Crippen molar-refractivity contribution in [3.63, 3.8) is 0 Å². The zero-order chi connectivity index (χ0) is 13.5. The summed E-state index contributed by atoms with van der Waals surface area (Å²) >= 11 is 6.98. The first kappa shape index (κ1) is 15.6. The lowest BCUT2D eigenvalue weighted by Gasteiger charge is -2.13. The average molecular weight is 375 g/mol. The van der Waals surface area contributed by atoms with Gasteiger partial charge in [-0.1, -0.05) is 19.3 Å². The summed E-state index contributed by atoms with van der Waals surface area (Å²) in [6, 6.07) is 4.21. The van der Waals surface area contributed by atoms with Crippen molar-refractivity contribution >= 4 is 31.9 Å². The zero-order valence-corrected chi connectivity index (χ0v) is 13.8. The van der Waals surface area contributed by atoms with E-state index in [1.165, 1.54) is 0 Å². The largest absolute Gasteiger partial charge is 0.494 e. The highest BCUT2D eigenvalue weighted by Crippen LogP contribution is 2.34. The van der Waals surface area contributed by atoms with E-state index < -0.39 is 0 Å². The molecule has 0 amide bonds. The monoisotopic (exact) mass is 373 g/mol. The molecule has 0 saturated carbocycles. The number of ether oxygens (including phenoxy) is 1. The molecule has 2 nitrogen and oxygen atoms in total. The molecule has 0 heterocycles. The predicted octanol–water partition coefficient (Wildman–Crippen LogP) is 4.11. The maximum absolute atomic E-state index is 5.48. The molecule has 0 radical (unpaired) electrons. The van der Waals surface area contributed by atoms with Crippen LogP contribution in [0.4, 0.5) is 0 Å². The van der Waals surface area contributed by atoms with Crippen LogP contribution in [0.1, 0.15) is 25.3 Å². The first-order valence-electron chi connectivity index (χ1n) is 5.83. The fourth-order valence-corrected chi connectivity index (χ4v) is 3.29. The first-order valence-corrected chi connectivity index (χ1v) is 7.42. The van der Waals surface area contributed by atoms with Crippen molar-refractivity contribution < 1.29 is 4.74 Å². The van der Waals surface area contributed by atoms with E-state index in [0.717, 1.165) is 39.6 Å². The van der Waals surface area contributed by atoms with Gasteiger partial charge in [0.05, 0.1) is 22.1 Å². The summed E-state index contributed by atoms with van der Waals surface area (Å²) in [6.07, 6.45) is 7.55. The van der Waals surface area contributed by atoms with Gasteiger partial charge in [-0.3, -0.25) is 5.32 Å². The minimum atomic E-state index is 0.134. The van der Waals surface area contributed by atoms with Crippen molar-refractivity contribution in [2.75, 3.05) is 7.11 Å². The fourth-order valence-electron chi connectivity index (χ4n) is 1.68. The molecule has 0 bridgehead atoms. The van der Waals surface area contributed by atoms with Gasteiger partial charge in [-0.2, -0.15) is 0 Å². The molecule has 0 saturated heterocycles. The van der Waals surface area contributed by atoms with Crippen molar-refractivity contribution in [3.05, 3.63) is 26.6 Å². The second-order valence-electron chi connectivity index (χ2n) is 3.98. The summed E-state index contributed by atoms with van der Waals surface area (Å²) in [5.41, 5.74) is 1.16. The van der Waals surface area contributed by atoms with E-state index in [-0.39, 0.29) is 6.04 Å². The Morgan fingerprint density at radius 1 is 1.39 bits per heavy atom. The second kappa shape index (κ2) is 7.83. The van der Waals surface area contributed by atoms with Crippen molar-refractivity contribution in [2.24, 2.45) is 0 Å². The van der Waals surface area contributed by atoms with Crippen LogP contribution in [-0.4, -0.2) is 13.2 Å². The van der Waals surface area contributed by atoms with Crippen molar-refractivity contribution in [1.82, 2.24) is 5.32 Å². The standard InChI is InChI=1S/C14H17Br2NO/c1-4-6-11(5-2)17-9-10-7-12(15)14(18-3)13(16)8-10/h2,7-8,11,17H,4,6,9H2,1,3H3. The van der Waals surface area contributed by atoms with Gasteiger partial charge in [-0.15, -0.1) is 6.42 Å². The lowest BCUT2D eigenvalue weighted by atomic mass is 10.1. The van der Waals surface area contributed by atoms with Gasteiger partial charge in [0.1, 0.15) is 5.75 Å². The number of rotatable bonds is 6. The van der Waals surface area contributed by atoms with E-state index in [0.29, 0.717) is 0 Å². The molecule has 0 aromatic heterocycles. The number of methoxy groups -OCH3 is 1. The van der Waals surface area contributed by atoms with Gasteiger partial charge in [-0.05, 0) is 56.0 Å². The van der Waals surface area contributed by atoms with E-state index >= 15 is 0 Å². The molecule has 4 heteroatoms. The van der Waals surface area contributed by atoms with Crippen LogP contribution < -0.4 is 10.1 Å². The van der Waals surface area contributed by atoms with Gasteiger partial charge in [0.15, 0.2) is 0 Å². The molecule has 0 fully saturated rings. The molecule has 1 aromatic rings. The van der Waals surface area contributed by atoms with Crippen LogP contribution in [0, 0.1) is 12.3 Å². The molecule has 0 aliphatic rings. The van der Waals surface area contributed by atoms with Crippen molar-refractivity contribution in [2.45, 2.75) is 32.4 Å². The second-order valence-corrected chi connectivity index (χ2v) is 5.69. The minimum Gasteiger partial charge on any atom is -0.494 e. The van der Waals surface area contributed by atoms with Gasteiger partial charge in [0.2, 0.25) is 0 Å². The van der Waals surface area contributed by atoms with Crippen LogP contribution in [0.3, 0.4) is 0 Å². The zero-order valence-electron chi connectivity index (χ0n) is 10.6. The summed E-state index contributed by atoms with van der Waals surface area (Å²) < 4.78 is 7.14. The summed E-state index contributed by atoms with van der Waals surface area (Å²) in [7, 11) is 1.65.